The summed E-state index contributed by atoms with van der Waals surface area (Å²) in [6.45, 7) is 5.91. The molecule has 3 rings (SSSR count). The molecule has 1 aromatic rings. The first-order valence-corrected chi connectivity index (χ1v) is 11.9. The van der Waals surface area contributed by atoms with Gasteiger partial charge in [-0.3, -0.25) is 0 Å². The van der Waals surface area contributed by atoms with E-state index in [4.69, 9.17) is 16.7 Å². The highest BCUT2D eigenvalue weighted by Gasteiger charge is 2.47. The van der Waals surface area contributed by atoms with Crippen LogP contribution in [0.5, 0.6) is 0 Å². The SMILES string of the molecule is C#C.C/C=C/OC.CC.NS(=O)(=O)c1ccc(C2=C(C/C=C/Cl)CC3(CC3)C2)cc1. The number of hydrogen-bond donors (Lipinski definition) is 1. The van der Waals surface area contributed by atoms with Gasteiger partial charge in [0, 0.05) is 5.54 Å². The second-order valence-electron chi connectivity index (χ2n) is 6.78. The Morgan fingerprint density at radius 2 is 1.73 bits per heavy atom. The van der Waals surface area contributed by atoms with Crippen LogP contribution < -0.4 is 5.14 Å². The van der Waals surface area contributed by atoms with Crippen LogP contribution in [-0.4, -0.2) is 15.5 Å². The number of nitrogens with two attached hydrogens (primary N) is 1. The van der Waals surface area contributed by atoms with Crippen molar-refractivity contribution >= 4 is 27.2 Å². The Hall–Kier alpha value is -2.00. The molecule has 1 aromatic carbocycles. The Morgan fingerprint density at radius 3 is 2.10 bits per heavy atom. The molecule has 0 radical (unpaired) electrons. The summed E-state index contributed by atoms with van der Waals surface area (Å²) in [6.07, 6.45) is 19.1. The number of methoxy groups -OCH3 is 1. The zero-order valence-corrected chi connectivity index (χ0v) is 20.0. The number of hydrogen-bond acceptors (Lipinski definition) is 3. The smallest absolute Gasteiger partial charge is 0.238 e. The van der Waals surface area contributed by atoms with Gasteiger partial charge in [0.1, 0.15) is 0 Å². The average molecular weight is 452 g/mol. The molecule has 6 heteroatoms. The Labute approximate surface area is 187 Å². The third-order valence-corrected chi connectivity index (χ3v) is 5.89. The van der Waals surface area contributed by atoms with Crippen LogP contribution in [0.1, 0.15) is 58.4 Å². The van der Waals surface area contributed by atoms with Gasteiger partial charge >= 0.3 is 0 Å². The first-order chi connectivity index (χ1) is 14.3. The highest BCUT2D eigenvalue weighted by Crippen LogP contribution is 2.62. The minimum atomic E-state index is -3.63. The van der Waals surface area contributed by atoms with E-state index in [0.717, 1.165) is 24.8 Å². The van der Waals surface area contributed by atoms with Crippen LogP contribution in [0, 0.1) is 18.3 Å². The first-order valence-electron chi connectivity index (χ1n) is 9.92. The fraction of sp³-hybridized carbons (Fsp3) is 0.417. The molecule has 0 aromatic heterocycles. The Kier molecular flexibility index (Phi) is 13.1. The molecule has 1 spiro atoms. The monoisotopic (exact) mass is 451 g/mol. The molecule has 2 aliphatic carbocycles. The van der Waals surface area contributed by atoms with Crippen LogP contribution >= 0.6 is 11.6 Å². The summed E-state index contributed by atoms with van der Waals surface area (Å²) in [5, 5.41) is 5.14. The van der Waals surface area contributed by atoms with Crippen molar-refractivity contribution in [1.82, 2.24) is 0 Å². The van der Waals surface area contributed by atoms with Gasteiger partial charge < -0.3 is 4.74 Å². The lowest BCUT2D eigenvalue weighted by Gasteiger charge is -2.08. The second kappa shape index (κ2) is 14.1. The molecule has 0 heterocycles. The van der Waals surface area contributed by atoms with E-state index in [-0.39, 0.29) is 4.90 Å². The quantitative estimate of drug-likeness (QED) is 0.425. The summed E-state index contributed by atoms with van der Waals surface area (Å²) in [5.74, 6) is 0. The minimum Gasteiger partial charge on any atom is -0.505 e. The third kappa shape index (κ3) is 8.79. The Bertz CT molecular complexity index is 846. The van der Waals surface area contributed by atoms with Crippen LogP contribution in [-0.2, 0) is 14.8 Å². The van der Waals surface area contributed by atoms with Crippen molar-refractivity contribution in [2.24, 2.45) is 10.6 Å². The van der Waals surface area contributed by atoms with E-state index in [9.17, 15) is 8.42 Å². The molecule has 0 atom stereocenters. The zero-order valence-electron chi connectivity index (χ0n) is 18.4. The number of rotatable bonds is 5. The van der Waals surface area contributed by atoms with Crippen molar-refractivity contribution in [3.05, 3.63) is 59.4 Å². The molecule has 0 amide bonds. The number of allylic oxidation sites excluding steroid dienone is 4. The molecule has 4 nitrogen and oxygen atoms in total. The van der Waals surface area contributed by atoms with Crippen molar-refractivity contribution in [2.45, 2.75) is 57.8 Å². The van der Waals surface area contributed by atoms with Crippen LogP contribution in [0.3, 0.4) is 0 Å². The topological polar surface area (TPSA) is 69.4 Å². The molecule has 0 unspecified atom stereocenters. The lowest BCUT2D eigenvalue weighted by molar-refractivity contribution is 0.337. The number of sulfonamides is 1. The first kappa shape index (κ1) is 28.0. The van der Waals surface area contributed by atoms with Crippen molar-refractivity contribution in [1.29, 1.82) is 0 Å². The van der Waals surface area contributed by atoms with Gasteiger partial charge in [-0.2, -0.15) is 0 Å². The van der Waals surface area contributed by atoms with Crippen molar-refractivity contribution in [2.75, 3.05) is 7.11 Å². The van der Waals surface area contributed by atoms with Crippen molar-refractivity contribution < 1.29 is 13.2 Å². The number of ether oxygens (including phenoxy) is 1. The van der Waals surface area contributed by atoms with E-state index in [1.54, 1.807) is 31.0 Å². The van der Waals surface area contributed by atoms with Gasteiger partial charge in [-0.1, -0.05) is 55.3 Å². The number of benzene rings is 1. The van der Waals surface area contributed by atoms with Crippen molar-refractivity contribution in [3.8, 4) is 12.8 Å². The van der Waals surface area contributed by atoms with Crippen LogP contribution in [0.15, 0.2) is 58.7 Å². The molecular formula is C24H34ClNO3S. The normalized spacial score (nSPS) is 16.3. The van der Waals surface area contributed by atoms with Crippen LogP contribution in [0.25, 0.3) is 5.57 Å². The second-order valence-corrected chi connectivity index (χ2v) is 8.59. The predicted molar refractivity (Wildman–Crippen MR) is 128 cm³/mol. The molecule has 0 bridgehead atoms. The van der Waals surface area contributed by atoms with Gasteiger partial charge in [-0.25, -0.2) is 13.6 Å². The fourth-order valence-corrected chi connectivity index (χ4v) is 3.93. The van der Waals surface area contributed by atoms with Crippen molar-refractivity contribution in [3.63, 3.8) is 0 Å². The zero-order chi connectivity index (χ0) is 23.2. The van der Waals surface area contributed by atoms with E-state index >= 15 is 0 Å². The standard InChI is InChI=1S/C16H18ClNO2S.C4H8O.C2H6.C2H2/c17-9-1-2-13-10-16(7-8-16)11-15(13)12-3-5-14(6-4-12)21(18,19)20;1-3-4-5-2;2*1-2/h1,3-6,9H,2,7-8,10-11H2,(H2,18,19,20);3-4H,1-2H3;1-2H3;1-2H/b9-1+;4-3+;;. The van der Waals surface area contributed by atoms with E-state index in [1.165, 1.54) is 24.0 Å². The number of primary sulfonamides is 1. The van der Waals surface area contributed by atoms with E-state index in [2.05, 4.69) is 17.6 Å². The maximum Gasteiger partial charge on any atom is 0.238 e. The predicted octanol–water partition coefficient (Wildman–Crippen LogP) is 6.25. The molecule has 2 aliphatic rings. The molecule has 0 aliphatic heterocycles. The van der Waals surface area contributed by atoms with E-state index in [0.29, 0.717) is 5.41 Å². The highest BCUT2D eigenvalue weighted by molar-refractivity contribution is 7.89. The van der Waals surface area contributed by atoms with Gasteiger partial charge in [0.2, 0.25) is 10.0 Å². The highest BCUT2D eigenvalue weighted by atomic mass is 35.5. The summed E-state index contributed by atoms with van der Waals surface area (Å²) in [5.41, 5.74) is 5.91. The molecule has 2 N–H and O–H groups in total. The minimum absolute atomic E-state index is 0.160. The third-order valence-electron chi connectivity index (χ3n) is 4.78. The van der Waals surface area contributed by atoms with Gasteiger partial charge in [0.05, 0.1) is 18.3 Å². The van der Waals surface area contributed by atoms with Gasteiger partial charge in [-0.15, -0.1) is 12.8 Å². The summed E-state index contributed by atoms with van der Waals surface area (Å²) >= 11 is 5.65. The van der Waals surface area contributed by atoms with Gasteiger partial charge in [-0.05, 0) is 67.7 Å². The molecular weight excluding hydrogens is 418 g/mol. The Balaban J connectivity index is 0.000000808. The van der Waals surface area contributed by atoms with Crippen LogP contribution in [0.4, 0.5) is 0 Å². The molecule has 166 valence electrons. The summed E-state index contributed by atoms with van der Waals surface area (Å²) in [6, 6.07) is 6.90. The average Bonchev–Trinajstić information content (AvgIpc) is 3.41. The molecule has 1 saturated carbocycles. The number of halogens is 1. The molecule has 0 saturated heterocycles. The van der Waals surface area contributed by atoms with Crippen LogP contribution in [0.2, 0.25) is 0 Å². The van der Waals surface area contributed by atoms with Gasteiger partial charge in [0.25, 0.3) is 0 Å². The largest absolute Gasteiger partial charge is 0.505 e. The maximum absolute atomic E-state index is 11.3. The fourth-order valence-electron chi connectivity index (χ4n) is 3.32. The lowest BCUT2D eigenvalue weighted by atomic mass is 9.99. The van der Waals surface area contributed by atoms with E-state index < -0.39 is 10.0 Å². The summed E-state index contributed by atoms with van der Waals surface area (Å²) < 4.78 is 27.2. The molecule has 1 fully saturated rings. The lowest BCUT2D eigenvalue weighted by Crippen LogP contribution is -2.11. The van der Waals surface area contributed by atoms with Gasteiger partial charge in [0.15, 0.2) is 0 Å². The summed E-state index contributed by atoms with van der Waals surface area (Å²) in [7, 11) is -2.00. The number of terminal acetylenes is 1. The maximum atomic E-state index is 11.3. The molecule has 30 heavy (non-hydrogen) atoms. The summed E-state index contributed by atoms with van der Waals surface area (Å²) in [4.78, 5) is 0.160. The Morgan fingerprint density at radius 1 is 1.17 bits per heavy atom. The van der Waals surface area contributed by atoms with E-state index in [1.807, 2.05) is 45.1 Å².